The summed E-state index contributed by atoms with van der Waals surface area (Å²) in [5, 5.41) is 0. The first-order valence-corrected chi connectivity index (χ1v) is 8.34. The van der Waals surface area contributed by atoms with Crippen molar-refractivity contribution in [2.24, 2.45) is 0 Å². The molecule has 0 unspecified atom stereocenters. The van der Waals surface area contributed by atoms with Crippen molar-refractivity contribution in [1.29, 1.82) is 0 Å². The lowest BCUT2D eigenvalue weighted by Crippen LogP contribution is -2.48. The largest absolute Gasteiger partial charge is 0.339 e. The molecule has 1 amide bonds. The van der Waals surface area contributed by atoms with Crippen molar-refractivity contribution in [3.63, 3.8) is 0 Å². The molecule has 0 saturated carbocycles. The van der Waals surface area contributed by atoms with Crippen LogP contribution in [0.2, 0.25) is 0 Å². The minimum atomic E-state index is 0.204. The molecule has 3 heteroatoms. The van der Waals surface area contributed by atoms with Crippen molar-refractivity contribution in [3.8, 4) is 0 Å². The third kappa shape index (κ3) is 3.46. The Labute approximate surface area is 127 Å². The Morgan fingerprint density at radius 3 is 2.43 bits per heavy atom. The second-order valence-corrected chi connectivity index (χ2v) is 6.49. The molecular weight excluding hydrogens is 260 g/mol. The van der Waals surface area contributed by atoms with E-state index in [1.165, 1.54) is 32.4 Å². The molecule has 0 aromatic heterocycles. The van der Waals surface area contributed by atoms with Crippen LogP contribution in [-0.4, -0.2) is 47.9 Å². The Hall–Kier alpha value is -1.35. The van der Waals surface area contributed by atoms with Gasteiger partial charge in [0.2, 0.25) is 0 Å². The zero-order valence-electron chi connectivity index (χ0n) is 13.1. The van der Waals surface area contributed by atoms with Gasteiger partial charge in [-0.3, -0.25) is 4.79 Å². The number of carbonyl (C=O) groups excluding carboxylic acids is 1. The molecule has 0 radical (unpaired) electrons. The van der Waals surface area contributed by atoms with E-state index in [0.717, 1.165) is 37.1 Å². The van der Waals surface area contributed by atoms with Crippen molar-refractivity contribution in [2.45, 2.75) is 45.1 Å². The van der Waals surface area contributed by atoms with Gasteiger partial charge in [-0.2, -0.15) is 0 Å². The highest BCUT2D eigenvalue weighted by molar-refractivity contribution is 5.94. The maximum absolute atomic E-state index is 12.5. The molecule has 2 fully saturated rings. The van der Waals surface area contributed by atoms with Gasteiger partial charge in [0, 0.05) is 24.7 Å². The van der Waals surface area contributed by atoms with Gasteiger partial charge in [-0.1, -0.05) is 24.1 Å². The van der Waals surface area contributed by atoms with Gasteiger partial charge in [-0.15, -0.1) is 0 Å². The first-order chi connectivity index (χ1) is 10.2. The lowest BCUT2D eigenvalue weighted by atomic mass is 9.99. The number of carbonyl (C=O) groups is 1. The Morgan fingerprint density at radius 2 is 1.76 bits per heavy atom. The molecule has 0 aliphatic carbocycles. The molecule has 2 heterocycles. The quantitative estimate of drug-likeness (QED) is 0.834. The number of piperidine rings is 2. The molecule has 0 atom stereocenters. The predicted molar refractivity (Wildman–Crippen MR) is 85.5 cm³/mol. The predicted octanol–water partition coefficient (Wildman–Crippen LogP) is 3.09. The number of rotatable bonds is 2. The van der Waals surface area contributed by atoms with Crippen molar-refractivity contribution in [2.75, 3.05) is 26.2 Å². The average molecular weight is 286 g/mol. The van der Waals surface area contributed by atoms with Crippen LogP contribution in [0.1, 0.15) is 48.0 Å². The molecule has 3 rings (SSSR count). The number of benzene rings is 1. The first-order valence-electron chi connectivity index (χ1n) is 8.34. The number of hydrogen-bond acceptors (Lipinski definition) is 2. The average Bonchev–Trinajstić information content (AvgIpc) is 2.55. The minimum absolute atomic E-state index is 0.204. The van der Waals surface area contributed by atoms with E-state index in [4.69, 9.17) is 0 Å². The van der Waals surface area contributed by atoms with Crippen LogP contribution in [-0.2, 0) is 0 Å². The van der Waals surface area contributed by atoms with E-state index in [1.54, 1.807) is 0 Å². The van der Waals surface area contributed by atoms with Crippen LogP contribution in [0.15, 0.2) is 24.3 Å². The maximum Gasteiger partial charge on any atom is 0.253 e. The number of aryl methyl sites for hydroxylation is 1. The van der Waals surface area contributed by atoms with Gasteiger partial charge < -0.3 is 9.80 Å². The second kappa shape index (κ2) is 6.61. The van der Waals surface area contributed by atoms with E-state index in [2.05, 4.69) is 4.90 Å². The summed E-state index contributed by atoms with van der Waals surface area (Å²) in [7, 11) is 0. The molecule has 0 bridgehead atoms. The fourth-order valence-electron chi connectivity index (χ4n) is 3.68. The fourth-order valence-corrected chi connectivity index (χ4v) is 3.68. The number of amides is 1. The fraction of sp³-hybridized carbons (Fsp3) is 0.611. The van der Waals surface area contributed by atoms with E-state index >= 15 is 0 Å². The van der Waals surface area contributed by atoms with Crippen LogP contribution in [0, 0.1) is 6.92 Å². The van der Waals surface area contributed by atoms with Crippen molar-refractivity contribution >= 4 is 5.91 Å². The zero-order valence-corrected chi connectivity index (χ0v) is 13.1. The van der Waals surface area contributed by atoms with Gasteiger partial charge in [-0.25, -0.2) is 0 Å². The van der Waals surface area contributed by atoms with Gasteiger partial charge >= 0.3 is 0 Å². The number of hydrogen-bond donors (Lipinski definition) is 0. The third-order valence-electron chi connectivity index (χ3n) is 4.92. The SMILES string of the molecule is Cc1cccc(C(=O)N2CCC(N3CCCCC3)CC2)c1. The Kier molecular flexibility index (Phi) is 4.59. The molecule has 1 aromatic rings. The standard InChI is InChI=1S/C18H26N2O/c1-15-6-5-7-16(14-15)18(21)20-12-8-17(9-13-20)19-10-3-2-4-11-19/h5-7,14,17H,2-4,8-13H2,1H3. The lowest BCUT2D eigenvalue weighted by molar-refractivity contribution is 0.0590. The van der Waals surface area contributed by atoms with Crippen molar-refractivity contribution < 1.29 is 4.79 Å². The highest BCUT2D eigenvalue weighted by atomic mass is 16.2. The monoisotopic (exact) mass is 286 g/mol. The lowest BCUT2D eigenvalue weighted by Gasteiger charge is -2.40. The molecule has 2 saturated heterocycles. The number of nitrogens with zero attached hydrogens (tertiary/aromatic N) is 2. The zero-order chi connectivity index (χ0) is 14.7. The summed E-state index contributed by atoms with van der Waals surface area (Å²) < 4.78 is 0. The summed E-state index contributed by atoms with van der Waals surface area (Å²) in [6.45, 7) is 6.38. The van der Waals surface area contributed by atoms with E-state index < -0.39 is 0 Å². The summed E-state index contributed by atoms with van der Waals surface area (Å²) in [6, 6.07) is 8.65. The van der Waals surface area contributed by atoms with Crippen LogP contribution >= 0.6 is 0 Å². The highest BCUT2D eigenvalue weighted by Crippen LogP contribution is 2.22. The topological polar surface area (TPSA) is 23.6 Å². The Bertz CT molecular complexity index is 486. The first kappa shape index (κ1) is 14.6. The van der Waals surface area contributed by atoms with Gasteiger partial charge in [0.1, 0.15) is 0 Å². The normalized spacial score (nSPS) is 21.5. The van der Waals surface area contributed by atoms with E-state index in [9.17, 15) is 4.79 Å². The molecule has 0 spiro atoms. The van der Waals surface area contributed by atoms with Gasteiger partial charge in [-0.05, 0) is 57.8 Å². The molecule has 2 aliphatic heterocycles. The summed E-state index contributed by atoms with van der Waals surface area (Å²) >= 11 is 0. The molecule has 3 nitrogen and oxygen atoms in total. The highest BCUT2D eigenvalue weighted by Gasteiger charge is 2.27. The van der Waals surface area contributed by atoms with Crippen LogP contribution in [0.3, 0.4) is 0 Å². The van der Waals surface area contributed by atoms with Crippen molar-refractivity contribution in [1.82, 2.24) is 9.80 Å². The third-order valence-corrected chi connectivity index (χ3v) is 4.92. The summed E-state index contributed by atoms with van der Waals surface area (Å²) in [6.07, 6.45) is 6.36. The van der Waals surface area contributed by atoms with Crippen LogP contribution in [0.25, 0.3) is 0 Å². The summed E-state index contributed by atoms with van der Waals surface area (Å²) in [4.78, 5) is 17.2. The summed E-state index contributed by atoms with van der Waals surface area (Å²) in [5.41, 5.74) is 2.00. The number of likely N-dealkylation sites (tertiary alicyclic amines) is 2. The van der Waals surface area contributed by atoms with Gasteiger partial charge in [0.25, 0.3) is 5.91 Å². The van der Waals surface area contributed by atoms with Gasteiger partial charge in [0.15, 0.2) is 0 Å². The smallest absolute Gasteiger partial charge is 0.253 e. The Morgan fingerprint density at radius 1 is 1.05 bits per heavy atom. The molecule has 1 aromatic carbocycles. The van der Waals surface area contributed by atoms with Crippen LogP contribution < -0.4 is 0 Å². The molecular formula is C18H26N2O. The minimum Gasteiger partial charge on any atom is -0.339 e. The van der Waals surface area contributed by atoms with Crippen molar-refractivity contribution in [3.05, 3.63) is 35.4 Å². The molecule has 114 valence electrons. The molecule has 0 N–H and O–H groups in total. The summed E-state index contributed by atoms with van der Waals surface area (Å²) in [5.74, 6) is 0.204. The van der Waals surface area contributed by atoms with E-state index in [0.29, 0.717) is 6.04 Å². The van der Waals surface area contributed by atoms with Crippen LogP contribution in [0.5, 0.6) is 0 Å². The van der Waals surface area contributed by atoms with Gasteiger partial charge in [0.05, 0.1) is 0 Å². The van der Waals surface area contributed by atoms with E-state index in [1.807, 2.05) is 36.1 Å². The second-order valence-electron chi connectivity index (χ2n) is 6.49. The maximum atomic E-state index is 12.5. The van der Waals surface area contributed by atoms with Crippen LogP contribution in [0.4, 0.5) is 0 Å². The van der Waals surface area contributed by atoms with E-state index in [-0.39, 0.29) is 5.91 Å². The Balaban J connectivity index is 1.56. The molecule has 21 heavy (non-hydrogen) atoms. The molecule has 2 aliphatic rings.